The Morgan fingerprint density at radius 3 is 2.35 bits per heavy atom. The summed E-state index contributed by atoms with van der Waals surface area (Å²) < 4.78 is 12.9. The molecule has 0 spiro atoms. The zero-order valence-electron chi connectivity index (χ0n) is 13.9. The topological polar surface area (TPSA) is 84.0 Å². The molecule has 7 heteroatoms. The number of amides is 1. The lowest BCUT2D eigenvalue weighted by Crippen LogP contribution is -2.14. The first-order valence-electron chi connectivity index (χ1n) is 7.80. The van der Waals surface area contributed by atoms with Crippen LogP contribution in [0.25, 0.3) is 0 Å². The fourth-order valence-electron chi connectivity index (χ4n) is 2.21. The predicted octanol–water partition coefficient (Wildman–Crippen LogP) is 3.81. The maximum absolute atomic E-state index is 12.9. The number of halogens is 1. The molecular formula is C19H15FN4O2. The van der Waals surface area contributed by atoms with E-state index < -0.39 is 5.91 Å². The molecule has 0 aliphatic heterocycles. The monoisotopic (exact) mass is 350 g/mol. The highest BCUT2D eigenvalue weighted by Gasteiger charge is 2.09. The summed E-state index contributed by atoms with van der Waals surface area (Å²) in [6.07, 6.45) is 0. The van der Waals surface area contributed by atoms with E-state index >= 15 is 0 Å². The van der Waals surface area contributed by atoms with Gasteiger partial charge in [0.15, 0.2) is 17.3 Å². The van der Waals surface area contributed by atoms with Crippen molar-refractivity contribution in [2.24, 2.45) is 0 Å². The summed E-state index contributed by atoms with van der Waals surface area (Å²) in [6, 6.07) is 15.5. The minimum atomic E-state index is -0.450. The number of ketones is 1. The largest absolute Gasteiger partial charge is 0.339 e. The van der Waals surface area contributed by atoms with E-state index in [2.05, 4.69) is 20.8 Å². The molecule has 0 fully saturated rings. The molecule has 2 aromatic carbocycles. The van der Waals surface area contributed by atoms with Crippen LogP contribution in [-0.2, 0) is 0 Å². The molecule has 0 aliphatic rings. The van der Waals surface area contributed by atoms with E-state index in [1.165, 1.54) is 37.3 Å². The lowest BCUT2D eigenvalue weighted by molar-refractivity contribution is 0.101. The van der Waals surface area contributed by atoms with E-state index in [4.69, 9.17) is 0 Å². The molecule has 0 bridgehead atoms. The van der Waals surface area contributed by atoms with Gasteiger partial charge in [-0.15, -0.1) is 10.2 Å². The molecule has 0 unspecified atom stereocenters. The Kier molecular flexibility index (Phi) is 4.98. The molecule has 6 nitrogen and oxygen atoms in total. The van der Waals surface area contributed by atoms with Gasteiger partial charge in [-0.25, -0.2) is 4.39 Å². The summed E-state index contributed by atoms with van der Waals surface area (Å²) in [5.41, 5.74) is 1.85. The van der Waals surface area contributed by atoms with Gasteiger partial charge in [-0.2, -0.15) is 0 Å². The minimum Gasteiger partial charge on any atom is -0.339 e. The van der Waals surface area contributed by atoms with Crippen molar-refractivity contribution < 1.29 is 14.0 Å². The highest BCUT2D eigenvalue weighted by Crippen LogP contribution is 2.16. The zero-order valence-corrected chi connectivity index (χ0v) is 13.9. The molecule has 3 rings (SSSR count). The summed E-state index contributed by atoms with van der Waals surface area (Å²) in [5.74, 6) is -0.433. The van der Waals surface area contributed by atoms with Gasteiger partial charge in [-0.1, -0.05) is 12.1 Å². The van der Waals surface area contributed by atoms with Crippen LogP contribution < -0.4 is 10.6 Å². The summed E-state index contributed by atoms with van der Waals surface area (Å²) in [4.78, 5) is 23.5. The van der Waals surface area contributed by atoms with Crippen molar-refractivity contribution in [3.63, 3.8) is 0 Å². The van der Waals surface area contributed by atoms with Crippen LogP contribution >= 0.6 is 0 Å². The number of carbonyl (C=O) groups excluding carboxylic acids is 2. The number of rotatable bonds is 5. The molecule has 26 heavy (non-hydrogen) atoms. The highest BCUT2D eigenvalue weighted by atomic mass is 19.1. The molecule has 2 N–H and O–H groups in total. The Morgan fingerprint density at radius 2 is 1.69 bits per heavy atom. The van der Waals surface area contributed by atoms with Crippen LogP contribution in [0.5, 0.6) is 0 Å². The fraction of sp³-hybridized carbons (Fsp3) is 0.0526. The van der Waals surface area contributed by atoms with E-state index in [1.807, 2.05) is 0 Å². The Balaban J connectivity index is 1.68. The van der Waals surface area contributed by atoms with Crippen LogP contribution in [0.2, 0.25) is 0 Å². The number of aromatic nitrogens is 2. The van der Waals surface area contributed by atoms with E-state index in [1.54, 1.807) is 30.3 Å². The van der Waals surface area contributed by atoms with Crippen LogP contribution in [0, 0.1) is 5.82 Å². The van der Waals surface area contributed by atoms with Gasteiger partial charge in [0, 0.05) is 16.9 Å². The third-order valence-electron chi connectivity index (χ3n) is 3.54. The Labute approximate surface area is 149 Å². The minimum absolute atomic E-state index is 0.0347. The van der Waals surface area contributed by atoms with Gasteiger partial charge in [0.1, 0.15) is 5.82 Å². The molecule has 3 aromatic rings. The number of nitrogens with one attached hydrogen (secondary N) is 2. The van der Waals surface area contributed by atoms with E-state index in [-0.39, 0.29) is 17.3 Å². The fourth-order valence-corrected chi connectivity index (χ4v) is 2.21. The predicted molar refractivity (Wildman–Crippen MR) is 96.1 cm³/mol. The number of Topliss-reactive ketones (excluding diaryl/α,β-unsaturated/α-hetero) is 1. The van der Waals surface area contributed by atoms with Gasteiger partial charge in [0.25, 0.3) is 5.91 Å². The van der Waals surface area contributed by atoms with Crippen molar-refractivity contribution in [2.75, 3.05) is 10.6 Å². The number of carbonyl (C=O) groups is 2. The van der Waals surface area contributed by atoms with Crippen LogP contribution in [-0.4, -0.2) is 21.9 Å². The van der Waals surface area contributed by atoms with Gasteiger partial charge in [0.2, 0.25) is 0 Å². The van der Waals surface area contributed by atoms with Crippen molar-refractivity contribution in [3.05, 3.63) is 77.7 Å². The van der Waals surface area contributed by atoms with Crippen molar-refractivity contribution in [1.82, 2.24) is 10.2 Å². The standard InChI is InChI=1S/C19H15FN4O2/c1-12(25)13-3-2-4-16(11-13)21-18-10-9-17(23-24-18)19(26)22-15-7-5-14(20)6-8-15/h2-11H,1H3,(H,21,24)(H,22,26). The molecule has 0 atom stereocenters. The number of benzene rings is 2. The number of hydrogen-bond donors (Lipinski definition) is 2. The second-order valence-corrected chi connectivity index (χ2v) is 5.53. The van der Waals surface area contributed by atoms with Crippen molar-refractivity contribution in [1.29, 1.82) is 0 Å². The maximum atomic E-state index is 12.9. The van der Waals surface area contributed by atoms with Crippen molar-refractivity contribution >= 4 is 28.9 Å². The maximum Gasteiger partial charge on any atom is 0.276 e. The van der Waals surface area contributed by atoms with E-state index in [9.17, 15) is 14.0 Å². The van der Waals surface area contributed by atoms with Crippen molar-refractivity contribution in [3.8, 4) is 0 Å². The normalized spacial score (nSPS) is 10.2. The second kappa shape index (κ2) is 7.52. The molecule has 1 heterocycles. The summed E-state index contributed by atoms with van der Waals surface area (Å²) in [5, 5.41) is 13.5. The first-order valence-corrected chi connectivity index (χ1v) is 7.80. The summed E-state index contributed by atoms with van der Waals surface area (Å²) in [6.45, 7) is 1.49. The molecule has 0 saturated carbocycles. The van der Waals surface area contributed by atoms with E-state index in [0.717, 1.165) is 0 Å². The van der Waals surface area contributed by atoms with Gasteiger partial charge in [0.05, 0.1) is 0 Å². The quantitative estimate of drug-likeness (QED) is 0.684. The van der Waals surface area contributed by atoms with E-state index in [0.29, 0.717) is 22.8 Å². The molecule has 0 saturated heterocycles. The smallest absolute Gasteiger partial charge is 0.276 e. The van der Waals surface area contributed by atoms with Gasteiger partial charge < -0.3 is 10.6 Å². The van der Waals surface area contributed by atoms with Crippen LogP contribution in [0.1, 0.15) is 27.8 Å². The molecule has 130 valence electrons. The third kappa shape index (κ3) is 4.27. The average molecular weight is 350 g/mol. The van der Waals surface area contributed by atoms with Crippen molar-refractivity contribution in [2.45, 2.75) is 6.92 Å². The highest BCUT2D eigenvalue weighted by molar-refractivity contribution is 6.02. The van der Waals surface area contributed by atoms with Crippen LogP contribution in [0.15, 0.2) is 60.7 Å². The molecule has 1 amide bonds. The summed E-state index contributed by atoms with van der Waals surface area (Å²) in [7, 11) is 0. The first-order chi connectivity index (χ1) is 12.5. The third-order valence-corrected chi connectivity index (χ3v) is 3.54. The Hall–Kier alpha value is -3.61. The molecule has 1 aromatic heterocycles. The zero-order chi connectivity index (χ0) is 18.5. The van der Waals surface area contributed by atoms with Crippen LogP contribution in [0.4, 0.5) is 21.6 Å². The number of anilines is 3. The lowest BCUT2D eigenvalue weighted by Gasteiger charge is -2.07. The molecule has 0 aliphatic carbocycles. The van der Waals surface area contributed by atoms with Gasteiger partial charge in [-0.05, 0) is 55.5 Å². The first kappa shape index (κ1) is 17.2. The van der Waals surface area contributed by atoms with Crippen LogP contribution in [0.3, 0.4) is 0 Å². The molecule has 0 radical (unpaired) electrons. The SMILES string of the molecule is CC(=O)c1cccc(Nc2ccc(C(=O)Nc3ccc(F)cc3)nn2)c1. The lowest BCUT2D eigenvalue weighted by atomic mass is 10.1. The second-order valence-electron chi connectivity index (χ2n) is 5.53. The molecular weight excluding hydrogens is 335 g/mol. The Bertz CT molecular complexity index is 941. The number of hydrogen-bond acceptors (Lipinski definition) is 5. The van der Waals surface area contributed by atoms with Gasteiger partial charge in [-0.3, -0.25) is 9.59 Å². The Morgan fingerprint density at radius 1 is 0.923 bits per heavy atom. The van der Waals surface area contributed by atoms with Gasteiger partial charge >= 0.3 is 0 Å². The average Bonchev–Trinajstić information content (AvgIpc) is 2.64. The number of nitrogens with zero attached hydrogens (tertiary/aromatic N) is 2. The summed E-state index contributed by atoms with van der Waals surface area (Å²) >= 11 is 0.